The quantitative estimate of drug-likeness (QED) is 0.849. The Hall–Kier alpha value is -2.10. The van der Waals surface area contributed by atoms with E-state index in [-0.39, 0.29) is 17.9 Å². The molecule has 2 atom stereocenters. The van der Waals surface area contributed by atoms with Crippen molar-refractivity contribution in [3.05, 3.63) is 36.4 Å². The van der Waals surface area contributed by atoms with Crippen molar-refractivity contribution in [2.75, 3.05) is 12.4 Å². The largest absolute Gasteiger partial charge is 0.467 e. The Labute approximate surface area is 119 Å². The third kappa shape index (κ3) is 3.07. The van der Waals surface area contributed by atoms with Crippen molar-refractivity contribution >= 4 is 22.7 Å². The van der Waals surface area contributed by atoms with E-state index in [0.717, 1.165) is 17.3 Å². The van der Waals surface area contributed by atoms with Crippen LogP contribution in [-0.4, -0.2) is 24.1 Å². The highest BCUT2D eigenvalue weighted by Crippen LogP contribution is 2.18. The lowest BCUT2D eigenvalue weighted by molar-refractivity contribution is -0.142. The Morgan fingerprint density at radius 3 is 2.75 bits per heavy atom. The van der Waals surface area contributed by atoms with Crippen molar-refractivity contribution in [1.82, 2.24) is 4.98 Å². The maximum Gasteiger partial charge on any atom is 0.328 e. The molecular formula is C16H20N2O2. The van der Waals surface area contributed by atoms with Crippen LogP contribution in [-0.2, 0) is 9.53 Å². The minimum Gasteiger partial charge on any atom is -0.467 e. The third-order valence-corrected chi connectivity index (χ3v) is 3.57. The lowest BCUT2D eigenvalue weighted by Crippen LogP contribution is -2.36. The maximum atomic E-state index is 11.9. The number of fused-ring (bicyclic) bond motifs is 1. The highest BCUT2D eigenvalue weighted by atomic mass is 16.5. The fourth-order valence-electron chi connectivity index (χ4n) is 2.10. The molecule has 2 rings (SSSR count). The zero-order valence-corrected chi connectivity index (χ0v) is 12.1. The average molecular weight is 272 g/mol. The first-order valence-corrected chi connectivity index (χ1v) is 6.86. The SMILES string of the molecule is CC[C@H](C)[C@H](Nc1ccc2ccccc2n1)C(=O)OC. The molecule has 0 aliphatic rings. The number of pyridine rings is 1. The number of ether oxygens (including phenoxy) is 1. The second-order valence-corrected chi connectivity index (χ2v) is 4.92. The molecule has 0 radical (unpaired) electrons. The standard InChI is InChI=1S/C16H20N2O2/c1-4-11(2)15(16(19)20-3)18-14-10-9-12-7-5-6-8-13(12)17-14/h5-11,15H,4H2,1-3H3,(H,17,18)/t11-,15-/m0/s1. The average Bonchev–Trinajstić information content (AvgIpc) is 2.51. The van der Waals surface area contributed by atoms with Gasteiger partial charge in [-0.1, -0.05) is 38.5 Å². The van der Waals surface area contributed by atoms with Crippen molar-refractivity contribution in [3.8, 4) is 0 Å². The first-order chi connectivity index (χ1) is 9.65. The van der Waals surface area contributed by atoms with Crippen molar-refractivity contribution in [3.63, 3.8) is 0 Å². The number of hydrogen-bond donors (Lipinski definition) is 1. The minimum atomic E-state index is -0.376. The molecule has 4 heteroatoms. The van der Waals surface area contributed by atoms with E-state index < -0.39 is 0 Å². The van der Waals surface area contributed by atoms with E-state index in [1.807, 2.05) is 43.3 Å². The molecule has 0 amide bonds. The Kier molecular flexibility index (Phi) is 4.56. The molecule has 0 aliphatic heterocycles. The summed E-state index contributed by atoms with van der Waals surface area (Å²) in [6, 6.07) is 11.4. The van der Waals surface area contributed by atoms with Gasteiger partial charge >= 0.3 is 5.97 Å². The van der Waals surface area contributed by atoms with Crippen molar-refractivity contribution in [2.24, 2.45) is 5.92 Å². The number of aromatic nitrogens is 1. The molecule has 0 spiro atoms. The number of esters is 1. The number of carbonyl (C=O) groups excluding carboxylic acids is 1. The summed E-state index contributed by atoms with van der Waals surface area (Å²) in [7, 11) is 1.41. The lowest BCUT2D eigenvalue weighted by Gasteiger charge is -2.22. The van der Waals surface area contributed by atoms with Crippen LogP contribution >= 0.6 is 0 Å². The molecule has 0 saturated heterocycles. The van der Waals surface area contributed by atoms with Gasteiger partial charge in [0.05, 0.1) is 12.6 Å². The van der Waals surface area contributed by atoms with E-state index >= 15 is 0 Å². The zero-order valence-electron chi connectivity index (χ0n) is 12.1. The molecule has 0 fully saturated rings. The number of para-hydroxylation sites is 1. The number of anilines is 1. The molecular weight excluding hydrogens is 252 g/mol. The highest BCUT2D eigenvalue weighted by Gasteiger charge is 2.25. The molecule has 1 N–H and O–H groups in total. The number of hydrogen-bond acceptors (Lipinski definition) is 4. The molecule has 2 aromatic rings. The van der Waals surface area contributed by atoms with Crippen molar-refractivity contribution in [2.45, 2.75) is 26.3 Å². The van der Waals surface area contributed by atoms with Gasteiger partial charge in [0.1, 0.15) is 11.9 Å². The van der Waals surface area contributed by atoms with Crippen LogP contribution in [0.15, 0.2) is 36.4 Å². The summed E-state index contributed by atoms with van der Waals surface area (Å²) in [4.78, 5) is 16.4. The van der Waals surface area contributed by atoms with Gasteiger partial charge in [0, 0.05) is 5.39 Å². The van der Waals surface area contributed by atoms with Crippen LogP contribution in [0.2, 0.25) is 0 Å². The second kappa shape index (κ2) is 6.37. The van der Waals surface area contributed by atoms with Gasteiger partial charge in [0.15, 0.2) is 0 Å². The summed E-state index contributed by atoms with van der Waals surface area (Å²) >= 11 is 0. The van der Waals surface area contributed by atoms with E-state index in [9.17, 15) is 4.79 Å². The van der Waals surface area contributed by atoms with Crippen LogP contribution in [0, 0.1) is 5.92 Å². The molecule has 0 unspecified atom stereocenters. The summed E-state index contributed by atoms with van der Waals surface area (Å²) in [5.74, 6) is 0.615. The minimum absolute atomic E-state index is 0.177. The maximum absolute atomic E-state index is 11.9. The van der Waals surface area contributed by atoms with Crippen LogP contribution in [0.4, 0.5) is 5.82 Å². The predicted octanol–water partition coefficient (Wildman–Crippen LogP) is 3.23. The molecule has 1 heterocycles. The number of rotatable bonds is 5. The van der Waals surface area contributed by atoms with Crippen LogP contribution in [0.5, 0.6) is 0 Å². The van der Waals surface area contributed by atoms with E-state index in [2.05, 4.69) is 17.2 Å². The van der Waals surface area contributed by atoms with E-state index in [1.54, 1.807) is 0 Å². The van der Waals surface area contributed by atoms with Crippen LogP contribution in [0.1, 0.15) is 20.3 Å². The first kappa shape index (κ1) is 14.3. The zero-order chi connectivity index (χ0) is 14.5. The normalized spacial score (nSPS) is 13.8. The molecule has 106 valence electrons. The fourth-order valence-corrected chi connectivity index (χ4v) is 2.10. The first-order valence-electron chi connectivity index (χ1n) is 6.86. The number of carbonyl (C=O) groups is 1. The van der Waals surface area contributed by atoms with Crippen molar-refractivity contribution in [1.29, 1.82) is 0 Å². The van der Waals surface area contributed by atoms with Gasteiger partial charge < -0.3 is 10.1 Å². The Bertz CT molecular complexity index is 598. The van der Waals surface area contributed by atoms with Gasteiger partial charge in [-0.25, -0.2) is 9.78 Å². The Balaban J connectivity index is 2.25. The van der Waals surface area contributed by atoms with Gasteiger partial charge in [-0.05, 0) is 24.1 Å². The van der Waals surface area contributed by atoms with Gasteiger partial charge in [0.2, 0.25) is 0 Å². The number of nitrogens with one attached hydrogen (secondary N) is 1. The molecule has 4 nitrogen and oxygen atoms in total. The van der Waals surface area contributed by atoms with E-state index in [0.29, 0.717) is 5.82 Å². The topological polar surface area (TPSA) is 51.2 Å². The second-order valence-electron chi connectivity index (χ2n) is 4.92. The van der Waals surface area contributed by atoms with Crippen LogP contribution < -0.4 is 5.32 Å². The predicted molar refractivity (Wildman–Crippen MR) is 80.6 cm³/mol. The molecule has 1 aromatic carbocycles. The molecule has 0 saturated carbocycles. The van der Waals surface area contributed by atoms with Crippen LogP contribution in [0.25, 0.3) is 10.9 Å². The van der Waals surface area contributed by atoms with Gasteiger partial charge in [-0.2, -0.15) is 0 Å². The molecule has 0 bridgehead atoms. The molecule has 20 heavy (non-hydrogen) atoms. The number of benzene rings is 1. The summed E-state index contributed by atoms with van der Waals surface area (Å²) in [5.41, 5.74) is 0.908. The van der Waals surface area contributed by atoms with Gasteiger partial charge in [0.25, 0.3) is 0 Å². The molecule has 0 aliphatic carbocycles. The summed E-state index contributed by atoms with van der Waals surface area (Å²) in [5, 5.41) is 4.27. The van der Waals surface area contributed by atoms with Crippen molar-refractivity contribution < 1.29 is 9.53 Å². The smallest absolute Gasteiger partial charge is 0.328 e. The van der Waals surface area contributed by atoms with E-state index in [4.69, 9.17) is 4.74 Å². The summed E-state index contributed by atoms with van der Waals surface area (Å²) in [6.45, 7) is 4.08. The highest BCUT2D eigenvalue weighted by molar-refractivity contribution is 5.82. The summed E-state index contributed by atoms with van der Waals surface area (Å²) in [6.07, 6.45) is 0.889. The number of methoxy groups -OCH3 is 1. The van der Waals surface area contributed by atoms with Gasteiger partial charge in [-0.3, -0.25) is 0 Å². The number of nitrogens with zero attached hydrogens (tertiary/aromatic N) is 1. The Morgan fingerprint density at radius 2 is 2.05 bits per heavy atom. The van der Waals surface area contributed by atoms with E-state index in [1.165, 1.54) is 7.11 Å². The monoisotopic (exact) mass is 272 g/mol. The van der Waals surface area contributed by atoms with Gasteiger partial charge in [-0.15, -0.1) is 0 Å². The fraction of sp³-hybridized carbons (Fsp3) is 0.375. The Morgan fingerprint density at radius 1 is 1.30 bits per heavy atom. The summed E-state index contributed by atoms with van der Waals surface area (Å²) < 4.78 is 4.87. The lowest BCUT2D eigenvalue weighted by atomic mass is 9.99. The third-order valence-electron chi connectivity index (χ3n) is 3.57. The molecule has 1 aromatic heterocycles. The van der Waals surface area contributed by atoms with Crippen LogP contribution in [0.3, 0.4) is 0 Å².